The Morgan fingerprint density at radius 1 is 1.00 bits per heavy atom. The molecule has 0 aromatic carbocycles. The summed E-state index contributed by atoms with van der Waals surface area (Å²) in [5.74, 6) is -0.473. The second-order valence-electron chi connectivity index (χ2n) is 3.72. The SMILES string of the molecule is NC(=O)c1cc(-c2cncs2)nc(-c2cncs2)c1. The standard InChI is InChI=1S/C12H8N4OS2/c13-12(17)7-1-8(10-3-14-5-18-10)16-9(2-7)11-4-15-6-19-11/h1-6H,(H2,13,17). The monoisotopic (exact) mass is 288 g/mol. The molecule has 7 heteroatoms. The minimum absolute atomic E-state index is 0.432. The fraction of sp³-hybridized carbons (Fsp3) is 0. The largest absolute Gasteiger partial charge is 0.366 e. The molecular weight excluding hydrogens is 280 g/mol. The van der Waals surface area contributed by atoms with Crippen molar-refractivity contribution in [3.63, 3.8) is 0 Å². The number of primary amides is 1. The number of nitrogens with zero attached hydrogens (tertiary/aromatic N) is 3. The summed E-state index contributed by atoms with van der Waals surface area (Å²) in [6, 6.07) is 3.36. The van der Waals surface area contributed by atoms with Crippen LogP contribution in [0.15, 0.2) is 35.5 Å². The van der Waals surface area contributed by atoms with Crippen molar-refractivity contribution in [2.45, 2.75) is 0 Å². The quantitative estimate of drug-likeness (QED) is 0.802. The highest BCUT2D eigenvalue weighted by Gasteiger charge is 2.11. The van der Waals surface area contributed by atoms with E-state index in [0.717, 1.165) is 9.75 Å². The Morgan fingerprint density at radius 3 is 1.89 bits per heavy atom. The van der Waals surface area contributed by atoms with E-state index in [4.69, 9.17) is 5.73 Å². The van der Waals surface area contributed by atoms with Crippen LogP contribution in [0.2, 0.25) is 0 Å². The number of amides is 1. The van der Waals surface area contributed by atoms with E-state index in [2.05, 4.69) is 15.0 Å². The lowest BCUT2D eigenvalue weighted by Gasteiger charge is -2.04. The molecule has 94 valence electrons. The van der Waals surface area contributed by atoms with E-state index in [0.29, 0.717) is 17.0 Å². The van der Waals surface area contributed by atoms with Gasteiger partial charge in [0.2, 0.25) is 5.91 Å². The van der Waals surface area contributed by atoms with Gasteiger partial charge in [-0.1, -0.05) is 0 Å². The van der Waals surface area contributed by atoms with Crippen molar-refractivity contribution in [1.29, 1.82) is 0 Å². The van der Waals surface area contributed by atoms with Crippen LogP contribution < -0.4 is 5.73 Å². The zero-order chi connectivity index (χ0) is 13.2. The number of pyridine rings is 1. The van der Waals surface area contributed by atoms with E-state index in [1.807, 2.05) is 0 Å². The van der Waals surface area contributed by atoms with Gasteiger partial charge >= 0.3 is 0 Å². The fourth-order valence-electron chi connectivity index (χ4n) is 1.61. The highest BCUT2D eigenvalue weighted by Crippen LogP contribution is 2.28. The highest BCUT2D eigenvalue weighted by atomic mass is 32.1. The Morgan fingerprint density at radius 2 is 1.53 bits per heavy atom. The van der Waals surface area contributed by atoms with Gasteiger partial charge in [0.1, 0.15) is 0 Å². The summed E-state index contributed by atoms with van der Waals surface area (Å²) in [6.07, 6.45) is 3.43. The topological polar surface area (TPSA) is 81.8 Å². The molecule has 0 aliphatic carbocycles. The molecule has 5 nitrogen and oxygen atoms in total. The van der Waals surface area contributed by atoms with Gasteiger partial charge in [0.25, 0.3) is 0 Å². The Labute approximate surface area is 116 Å². The minimum Gasteiger partial charge on any atom is -0.366 e. The van der Waals surface area contributed by atoms with Crippen LogP contribution in [0.3, 0.4) is 0 Å². The number of carbonyl (C=O) groups excluding carboxylic acids is 1. The van der Waals surface area contributed by atoms with Crippen LogP contribution in [0, 0.1) is 0 Å². The van der Waals surface area contributed by atoms with Gasteiger partial charge in [0.05, 0.1) is 32.2 Å². The molecule has 0 unspecified atom stereocenters. The van der Waals surface area contributed by atoms with Gasteiger partial charge in [-0.15, -0.1) is 22.7 Å². The summed E-state index contributed by atoms with van der Waals surface area (Å²) < 4.78 is 0. The van der Waals surface area contributed by atoms with Gasteiger partial charge in [-0.05, 0) is 12.1 Å². The van der Waals surface area contributed by atoms with E-state index in [9.17, 15) is 4.79 Å². The van der Waals surface area contributed by atoms with Gasteiger partial charge in [0.15, 0.2) is 0 Å². The first kappa shape index (κ1) is 11.9. The normalized spacial score (nSPS) is 10.5. The number of nitrogens with two attached hydrogens (primary N) is 1. The third-order valence-corrected chi connectivity index (χ3v) is 4.07. The van der Waals surface area contributed by atoms with Crippen LogP contribution in [-0.4, -0.2) is 20.9 Å². The summed E-state index contributed by atoms with van der Waals surface area (Å²) in [7, 11) is 0. The first-order valence-electron chi connectivity index (χ1n) is 5.33. The minimum atomic E-state index is -0.473. The third-order valence-electron chi connectivity index (χ3n) is 2.48. The van der Waals surface area contributed by atoms with Crippen LogP contribution in [0.25, 0.3) is 21.1 Å². The van der Waals surface area contributed by atoms with Crippen molar-refractivity contribution in [1.82, 2.24) is 15.0 Å². The van der Waals surface area contributed by atoms with E-state index in [-0.39, 0.29) is 0 Å². The molecule has 0 saturated heterocycles. The van der Waals surface area contributed by atoms with Gasteiger partial charge in [-0.2, -0.15) is 0 Å². The Bertz CT molecular complexity index is 655. The van der Waals surface area contributed by atoms with Crippen molar-refractivity contribution in [3.8, 4) is 21.1 Å². The predicted molar refractivity (Wildman–Crippen MR) is 75.0 cm³/mol. The van der Waals surface area contributed by atoms with Crippen molar-refractivity contribution >= 4 is 28.6 Å². The number of carbonyl (C=O) groups is 1. The number of hydrogen-bond donors (Lipinski definition) is 1. The maximum Gasteiger partial charge on any atom is 0.248 e. The molecule has 0 saturated carbocycles. The molecular formula is C12H8N4OS2. The number of thiazole rings is 2. The molecule has 0 aliphatic rings. The molecule has 0 spiro atoms. The van der Waals surface area contributed by atoms with Gasteiger partial charge < -0.3 is 5.73 Å². The number of rotatable bonds is 3. The Kier molecular flexibility index (Phi) is 3.06. The highest BCUT2D eigenvalue weighted by molar-refractivity contribution is 7.13. The maximum atomic E-state index is 11.4. The molecule has 3 aromatic rings. The molecule has 19 heavy (non-hydrogen) atoms. The number of hydrogen-bond acceptors (Lipinski definition) is 6. The van der Waals surface area contributed by atoms with Crippen molar-refractivity contribution in [2.24, 2.45) is 5.73 Å². The lowest BCUT2D eigenvalue weighted by atomic mass is 10.1. The van der Waals surface area contributed by atoms with E-state index in [1.54, 1.807) is 35.5 Å². The zero-order valence-electron chi connectivity index (χ0n) is 9.61. The van der Waals surface area contributed by atoms with E-state index >= 15 is 0 Å². The zero-order valence-corrected chi connectivity index (χ0v) is 11.2. The first-order valence-corrected chi connectivity index (χ1v) is 7.09. The van der Waals surface area contributed by atoms with Gasteiger partial charge in [0, 0.05) is 18.0 Å². The second-order valence-corrected chi connectivity index (χ2v) is 5.49. The molecule has 3 heterocycles. The average molecular weight is 288 g/mol. The van der Waals surface area contributed by atoms with E-state index < -0.39 is 5.91 Å². The summed E-state index contributed by atoms with van der Waals surface area (Å²) in [4.78, 5) is 25.8. The molecule has 0 aliphatic heterocycles. The first-order chi connectivity index (χ1) is 9.24. The summed E-state index contributed by atoms with van der Waals surface area (Å²) in [5, 5.41) is 0. The van der Waals surface area contributed by atoms with Crippen molar-refractivity contribution in [3.05, 3.63) is 41.1 Å². The Hall–Kier alpha value is -2.12. The van der Waals surface area contributed by atoms with Gasteiger partial charge in [-0.25, -0.2) is 4.98 Å². The fourth-order valence-corrected chi connectivity index (χ4v) is 2.77. The maximum absolute atomic E-state index is 11.4. The van der Waals surface area contributed by atoms with Crippen LogP contribution in [0.4, 0.5) is 0 Å². The molecule has 0 bridgehead atoms. The molecule has 2 N–H and O–H groups in total. The summed E-state index contributed by atoms with van der Waals surface area (Å²) in [5.41, 5.74) is 10.6. The molecule has 1 amide bonds. The second kappa shape index (κ2) is 4.87. The number of aromatic nitrogens is 3. The summed E-state index contributed by atoms with van der Waals surface area (Å²) >= 11 is 2.93. The van der Waals surface area contributed by atoms with Crippen molar-refractivity contribution in [2.75, 3.05) is 0 Å². The molecule has 0 fully saturated rings. The van der Waals surface area contributed by atoms with Crippen LogP contribution in [-0.2, 0) is 0 Å². The lowest BCUT2D eigenvalue weighted by Crippen LogP contribution is -2.11. The smallest absolute Gasteiger partial charge is 0.248 e. The predicted octanol–water partition coefficient (Wildman–Crippen LogP) is 2.43. The Balaban J connectivity index is 2.18. The molecule has 0 radical (unpaired) electrons. The van der Waals surface area contributed by atoms with Crippen LogP contribution in [0.1, 0.15) is 10.4 Å². The lowest BCUT2D eigenvalue weighted by molar-refractivity contribution is 0.100. The van der Waals surface area contributed by atoms with Crippen LogP contribution in [0.5, 0.6) is 0 Å². The third kappa shape index (κ3) is 2.38. The molecule has 3 aromatic heterocycles. The average Bonchev–Trinajstić information content (AvgIpc) is 3.11. The molecule has 0 atom stereocenters. The van der Waals surface area contributed by atoms with Crippen molar-refractivity contribution < 1.29 is 4.79 Å². The summed E-state index contributed by atoms with van der Waals surface area (Å²) in [6.45, 7) is 0. The van der Waals surface area contributed by atoms with Gasteiger partial charge in [-0.3, -0.25) is 14.8 Å². The van der Waals surface area contributed by atoms with E-state index in [1.165, 1.54) is 22.7 Å². The molecule has 3 rings (SSSR count). The van der Waals surface area contributed by atoms with Crippen LogP contribution >= 0.6 is 22.7 Å².